The lowest BCUT2D eigenvalue weighted by Gasteiger charge is -2.10. The largest absolute Gasteiger partial charge is 0.330 e. The number of aryl methyl sites for hydroxylation is 1. The highest BCUT2D eigenvalue weighted by Gasteiger charge is 2.13. The molecule has 2 N–H and O–H groups in total. The molecule has 150 valence electrons. The molecule has 0 saturated heterocycles. The number of nitrogens with zero attached hydrogens (tertiary/aromatic N) is 3. The normalized spacial score (nSPS) is 10.9. The predicted molar refractivity (Wildman–Crippen MR) is 126 cm³/mol. The fraction of sp³-hybridized carbons (Fsp3) is 0.111. The van der Waals surface area contributed by atoms with Crippen molar-refractivity contribution >= 4 is 21.9 Å². The van der Waals surface area contributed by atoms with Gasteiger partial charge in [-0.25, -0.2) is 4.98 Å². The number of pyridine rings is 1. The van der Waals surface area contributed by atoms with Crippen molar-refractivity contribution in [2.45, 2.75) is 13.3 Å². The summed E-state index contributed by atoms with van der Waals surface area (Å²) in [6, 6.07) is 24.7. The Balaban J connectivity index is 1.67. The van der Waals surface area contributed by atoms with Gasteiger partial charge in [0, 0.05) is 22.2 Å². The minimum absolute atomic E-state index is 0.648. The summed E-state index contributed by atoms with van der Waals surface area (Å²) in [6.07, 6.45) is 2.72. The molecule has 0 unspecified atom stereocenters. The molecule has 31 heavy (non-hydrogen) atoms. The Hall–Kier alpha value is -3.94. The highest BCUT2D eigenvalue weighted by atomic mass is 15.1. The summed E-state index contributed by atoms with van der Waals surface area (Å²) in [5, 5.41) is 1.05. The van der Waals surface area contributed by atoms with Gasteiger partial charge in [0.25, 0.3) is 0 Å². The number of nitrogens with two attached hydrogens (primary N) is 1. The Morgan fingerprint density at radius 1 is 0.871 bits per heavy atom. The Kier molecular flexibility index (Phi) is 4.95. The summed E-state index contributed by atoms with van der Waals surface area (Å²) in [4.78, 5) is 9.38. The smallest absolute Gasteiger partial charge is 0.111 e. The zero-order valence-electron chi connectivity index (χ0n) is 17.3. The van der Waals surface area contributed by atoms with Crippen molar-refractivity contribution in [2.75, 3.05) is 6.54 Å². The highest BCUT2D eigenvalue weighted by molar-refractivity contribution is 6.03. The monoisotopic (exact) mass is 402 g/mol. The zero-order chi connectivity index (χ0) is 21.2. The van der Waals surface area contributed by atoms with Crippen molar-refractivity contribution in [1.29, 1.82) is 0 Å². The van der Waals surface area contributed by atoms with Crippen LogP contribution in [-0.4, -0.2) is 21.1 Å². The molecule has 0 spiro atoms. The lowest BCUT2D eigenvalue weighted by molar-refractivity contribution is 0.961. The molecule has 0 amide bonds. The molecule has 5 rings (SSSR count). The Labute approximate surface area is 181 Å². The van der Waals surface area contributed by atoms with Crippen LogP contribution in [-0.2, 0) is 6.42 Å². The number of imidazole rings is 1. The molecule has 0 bridgehead atoms. The van der Waals surface area contributed by atoms with Crippen molar-refractivity contribution in [1.82, 2.24) is 14.5 Å². The van der Waals surface area contributed by atoms with E-state index in [1.165, 1.54) is 5.56 Å². The van der Waals surface area contributed by atoms with E-state index in [-0.39, 0.29) is 0 Å². The third kappa shape index (κ3) is 3.68. The second-order valence-electron chi connectivity index (χ2n) is 7.54. The lowest BCUT2D eigenvalue weighted by atomic mass is 10.1. The van der Waals surface area contributed by atoms with Gasteiger partial charge in [-0.3, -0.25) is 9.55 Å². The first-order valence-electron chi connectivity index (χ1n) is 10.4. The Morgan fingerprint density at radius 2 is 1.65 bits per heavy atom. The van der Waals surface area contributed by atoms with Crippen molar-refractivity contribution in [2.24, 2.45) is 5.73 Å². The first-order chi connectivity index (χ1) is 15.2. The van der Waals surface area contributed by atoms with Gasteiger partial charge < -0.3 is 5.73 Å². The van der Waals surface area contributed by atoms with Gasteiger partial charge in [0.05, 0.1) is 17.2 Å². The maximum Gasteiger partial charge on any atom is 0.111 e. The van der Waals surface area contributed by atoms with E-state index in [1.807, 2.05) is 55.6 Å². The molecule has 4 nitrogen and oxygen atoms in total. The van der Waals surface area contributed by atoms with Crippen LogP contribution in [0.2, 0.25) is 0 Å². The van der Waals surface area contributed by atoms with Crippen LogP contribution in [0, 0.1) is 18.8 Å². The summed E-state index contributed by atoms with van der Waals surface area (Å²) in [7, 11) is 0. The average molecular weight is 403 g/mol. The Bertz CT molecular complexity index is 1440. The van der Waals surface area contributed by atoms with E-state index in [0.29, 0.717) is 6.54 Å². The lowest BCUT2D eigenvalue weighted by Crippen LogP contribution is -2.03. The maximum absolute atomic E-state index is 5.70. The first-order valence-corrected chi connectivity index (χ1v) is 10.4. The molecule has 2 aromatic heterocycles. The van der Waals surface area contributed by atoms with Gasteiger partial charge in [-0.1, -0.05) is 42.2 Å². The molecule has 0 aliphatic carbocycles. The second-order valence-corrected chi connectivity index (χ2v) is 7.54. The van der Waals surface area contributed by atoms with Gasteiger partial charge in [0.15, 0.2) is 0 Å². The average Bonchev–Trinajstić information content (AvgIpc) is 3.15. The molecule has 4 heteroatoms. The van der Waals surface area contributed by atoms with Crippen molar-refractivity contribution in [3.63, 3.8) is 0 Å². The summed E-state index contributed by atoms with van der Waals surface area (Å²) in [6.45, 7) is 2.67. The molecule has 0 radical (unpaired) electrons. The first kappa shape index (κ1) is 19.0. The SMILES string of the molecule is Cc1nc2cnc3ccc(C#Cc4ccccc4)cc3c2n1-c1ccc(CCN)cc1. The highest BCUT2D eigenvalue weighted by Crippen LogP contribution is 2.28. The molecule has 2 heterocycles. The maximum atomic E-state index is 5.70. The second kappa shape index (κ2) is 8.06. The molecule has 0 atom stereocenters. The van der Waals surface area contributed by atoms with E-state index in [2.05, 4.69) is 51.7 Å². The number of aromatic nitrogens is 3. The molecular formula is C27H22N4. The zero-order valence-corrected chi connectivity index (χ0v) is 17.3. The van der Waals surface area contributed by atoms with Gasteiger partial charge in [0.2, 0.25) is 0 Å². The van der Waals surface area contributed by atoms with Crippen LogP contribution in [0.15, 0.2) is 79.0 Å². The van der Waals surface area contributed by atoms with Crippen LogP contribution in [0.25, 0.3) is 27.6 Å². The molecule has 5 aromatic rings. The van der Waals surface area contributed by atoms with Crippen molar-refractivity contribution in [3.05, 3.63) is 102 Å². The van der Waals surface area contributed by atoms with Crippen molar-refractivity contribution < 1.29 is 0 Å². The quantitative estimate of drug-likeness (QED) is 0.442. The van der Waals surface area contributed by atoms with Gasteiger partial charge in [-0.05, 0) is 67.9 Å². The van der Waals surface area contributed by atoms with Crippen LogP contribution in [0.1, 0.15) is 22.5 Å². The van der Waals surface area contributed by atoms with E-state index < -0.39 is 0 Å². The molecular weight excluding hydrogens is 380 g/mol. The van der Waals surface area contributed by atoms with E-state index >= 15 is 0 Å². The third-order valence-electron chi connectivity index (χ3n) is 5.40. The van der Waals surface area contributed by atoms with Gasteiger partial charge in [-0.2, -0.15) is 0 Å². The summed E-state index contributed by atoms with van der Waals surface area (Å²) in [5.41, 5.74) is 12.8. The fourth-order valence-corrected chi connectivity index (χ4v) is 3.91. The predicted octanol–water partition coefficient (Wildman–Crippen LogP) is 4.78. The fourth-order valence-electron chi connectivity index (χ4n) is 3.91. The van der Waals surface area contributed by atoms with E-state index in [9.17, 15) is 0 Å². The summed E-state index contributed by atoms with van der Waals surface area (Å²) < 4.78 is 2.19. The molecule has 0 saturated carbocycles. The molecule has 0 aliphatic heterocycles. The molecule has 3 aromatic carbocycles. The number of hydrogen-bond acceptors (Lipinski definition) is 3. The number of fused-ring (bicyclic) bond motifs is 3. The number of hydrogen-bond donors (Lipinski definition) is 1. The van der Waals surface area contributed by atoms with E-state index in [1.54, 1.807) is 0 Å². The standard InChI is InChI=1S/C27H22N4/c1-19-30-26-18-29-25-14-11-22(8-7-20-5-3-2-4-6-20)17-24(25)27(26)31(19)23-12-9-21(10-13-23)15-16-28/h2-6,9-14,17-18H,15-16,28H2,1H3. The minimum atomic E-state index is 0.648. The Morgan fingerprint density at radius 3 is 2.42 bits per heavy atom. The third-order valence-corrected chi connectivity index (χ3v) is 5.40. The summed E-state index contributed by atoms with van der Waals surface area (Å²) >= 11 is 0. The van der Waals surface area contributed by atoms with Crippen LogP contribution < -0.4 is 5.73 Å². The van der Waals surface area contributed by atoms with Crippen LogP contribution in [0.5, 0.6) is 0 Å². The van der Waals surface area contributed by atoms with E-state index in [0.717, 1.165) is 51.0 Å². The topological polar surface area (TPSA) is 56.7 Å². The molecule has 0 aliphatic rings. The number of benzene rings is 3. The van der Waals surface area contributed by atoms with Crippen LogP contribution in [0.4, 0.5) is 0 Å². The van der Waals surface area contributed by atoms with Crippen LogP contribution >= 0.6 is 0 Å². The van der Waals surface area contributed by atoms with Crippen LogP contribution in [0.3, 0.4) is 0 Å². The van der Waals surface area contributed by atoms with Gasteiger partial charge >= 0.3 is 0 Å². The van der Waals surface area contributed by atoms with E-state index in [4.69, 9.17) is 10.7 Å². The number of rotatable bonds is 3. The summed E-state index contributed by atoms with van der Waals surface area (Å²) in [5.74, 6) is 7.45. The minimum Gasteiger partial charge on any atom is -0.330 e. The van der Waals surface area contributed by atoms with Crippen molar-refractivity contribution in [3.8, 4) is 17.5 Å². The van der Waals surface area contributed by atoms with Gasteiger partial charge in [-0.15, -0.1) is 0 Å². The molecule has 0 fully saturated rings. The van der Waals surface area contributed by atoms with Gasteiger partial charge in [0.1, 0.15) is 11.3 Å².